The van der Waals surface area contributed by atoms with E-state index in [0.717, 1.165) is 24.8 Å². The zero-order valence-electron chi connectivity index (χ0n) is 13.3. The third kappa shape index (κ3) is 5.64. The molecule has 6 heteroatoms. The normalized spacial score (nSPS) is 11.9. The Morgan fingerprint density at radius 1 is 1.27 bits per heavy atom. The van der Waals surface area contributed by atoms with Crippen molar-refractivity contribution in [1.29, 1.82) is 0 Å². The Morgan fingerprint density at radius 2 is 2.09 bits per heavy atom. The van der Waals surface area contributed by atoms with Gasteiger partial charge >= 0.3 is 0 Å². The summed E-state index contributed by atoms with van der Waals surface area (Å²) in [6.07, 6.45) is 1.67. The Balaban J connectivity index is 0.00000242. The van der Waals surface area contributed by atoms with Gasteiger partial charge in [0, 0.05) is 23.4 Å². The maximum atomic E-state index is 5.31. The second-order valence-electron chi connectivity index (χ2n) is 5.49. The predicted molar refractivity (Wildman–Crippen MR) is 104 cm³/mol. The van der Waals surface area contributed by atoms with Crippen LogP contribution in [0, 0.1) is 0 Å². The van der Waals surface area contributed by atoms with Gasteiger partial charge in [-0.2, -0.15) is 0 Å². The molecule has 0 fully saturated rings. The van der Waals surface area contributed by atoms with Crippen LogP contribution in [0.15, 0.2) is 45.3 Å². The molecule has 0 amide bonds. The molecular formula is C16H24IN3OS. The number of thiophene rings is 1. The van der Waals surface area contributed by atoms with E-state index < -0.39 is 0 Å². The zero-order valence-corrected chi connectivity index (χ0v) is 16.4. The molecule has 2 aromatic heterocycles. The van der Waals surface area contributed by atoms with Crippen LogP contribution >= 0.6 is 35.3 Å². The third-order valence-corrected chi connectivity index (χ3v) is 4.44. The van der Waals surface area contributed by atoms with Crippen LogP contribution in [0.4, 0.5) is 0 Å². The van der Waals surface area contributed by atoms with Gasteiger partial charge in [0.15, 0.2) is 5.96 Å². The Morgan fingerprint density at radius 3 is 2.68 bits per heavy atom. The predicted octanol–water partition coefficient (Wildman–Crippen LogP) is 3.99. The highest BCUT2D eigenvalue weighted by Gasteiger charge is 2.21. The van der Waals surface area contributed by atoms with E-state index in [0.29, 0.717) is 6.54 Å². The summed E-state index contributed by atoms with van der Waals surface area (Å²) in [5.74, 6) is 1.68. The van der Waals surface area contributed by atoms with Crippen molar-refractivity contribution < 1.29 is 4.42 Å². The van der Waals surface area contributed by atoms with Crippen LogP contribution in [0.25, 0.3) is 0 Å². The first-order chi connectivity index (χ1) is 10.1. The Hall–Kier alpha value is -1.02. The van der Waals surface area contributed by atoms with Gasteiger partial charge in [-0.25, -0.2) is 4.99 Å². The minimum atomic E-state index is 0. The summed E-state index contributed by atoms with van der Waals surface area (Å²) < 4.78 is 5.31. The lowest BCUT2D eigenvalue weighted by Gasteiger charge is -2.25. The summed E-state index contributed by atoms with van der Waals surface area (Å²) in [5.41, 5.74) is 0.0784. The number of rotatable bonds is 6. The van der Waals surface area contributed by atoms with Crippen LogP contribution in [0.2, 0.25) is 0 Å². The minimum Gasteiger partial charge on any atom is -0.467 e. The molecule has 0 saturated carbocycles. The molecule has 122 valence electrons. The number of nitrogens with zero attached hydrogens (tertiary/aromatic N) is 1. The molecular weight excluding hydrogens is 409 g/mol. The van der Waals surface area contributed by atoms with Crippen molar-refractivity contribution in [2.24, 2.45) is 4.99 Å². The van der Waals surface area contributed by atoms with Gasteiger partial charge in [0.2, 0.25) is 0 Å². The quantitative estimate of drug-likeness (QED) is 0.412. The van der Waals surface area contributed by atoms with Gasteiger partial charge in [-0.15, -0.1) is 35.3 Å². The highest BCUT2D eigenvalue weighted by atomic mass is 127. The van der Waals surface area contributed by atoms with Crippen molar-refractivity contribution in [3.63, 3.8) is 0 Å². The number of halogens is 1. The summed E-state index contributed by atoms with van der Waals surface area (Å²) >= 11 is 1.79. The molecule has 0 spiro atoms. The van der Waals surface area contributed by atoms with E-state index in [-0.39, 0.29) is 29.4 Å². The topological polar surface area (TPSA) is 49.6 Å². The Labute approximate surface area is 153 Å². The molecule has 2 aromatic rings. The average Bonchev–Trinajstić information content (AvgIpc) is 3.14. The van der Waals surface area contributed by atoms with E-state index in [2.05, 4.69) is 53.9 Å². The Bertz CT molecular complexity index is 550. The number of nitrogens with one attached hydrogen (secondary N) is 2. The molecule has 0 saturated heterocycles. The van der Waals surface area contributed by atoms with Crippen LogP contribution < -0.4 is 10.6 Å². The van der Waals surface area contributed by atoms with E-state index in [9.17, 15) is 0 Å². The first kappa shape index (κ1) is 19.0. The first-order valence-corrected chi connectivity index (χ1v) is 8.08. The van der Waals surface area contributed by atoms with Crippen molar-refractivity contribution in [2.75, 3.05) is 13.1 Å². The SMILES string of the molecule is CCNC(=NCc1ccco1)NCC(C)(C)c1cccs1.I. The fourth-order valence-corrected chi connectivity index (χ4v) is 2.81. The minimum absolute atomic E-state index is 0. The van der Waals surface area contributed by atoms with Crippen molar-refractivity contribution in [3.05, 3.63) is 46.5 Å². The molecule has 0 aliphatic heterocycles. The molecule has 2 rings (SSSR count). The lowest BCUT2D eigenvalue weighted by molar-refractivity contribution is 0.506. The smallest absolute Gasteiger partial charge is 0.191 e. The van der Waals surface area contributed by atoms with Gasteiger partial charge in [0.1, 0.15) is 12.3 Å². The lowest BCUT2D eigenvalue weighted by Crippen LogP contribution is -2.43. The summed E-state index contributed by atoms with van der Waals surface area (Å²) in [7, 11) is 0. The van der Waals surface area contributed by atoms with Gasteiger partial charge in [0.25, 0.3) is 0 Å². The van der Waals surface area contributed by atoms with Crippen LogP contribution in [0.3, 0.4) is 0 Å². The monoisotopic (exact) mass is 433 g/mol. The number of hydrogen-bond donors (Lipinski definition) is 2. The molecule has 0 unspecified atom stereocenters. The number of guanidine groups is 1. The third-order valence-electron chi connectivity index (χ3n) is 3.20. The fourth-order valence-electron chi connectivity index (χ4n) is 1.96. The standard InChI is InChI=1S/C16H23N3OS.HI/c1-4-17-15(18-11-13-7-5-9-20-13)19-12-16(2,3)14-8-6-10-21-14;/h5-10H,4,11-12H2,1-3H3,(H2,17,18,19);1H. The number of aliphatic imine (C=N–C) groups is 1. The van der Waals surface area contributed by atoms with Crippen LogP contribution in [-0.4, -0.2) is 19.0 Å². The van der Waals surface area contributed by atoms with Crippen LogP contribution in [0.5, 0.6) is 0 Å². The van der Waals surface area contributed by atoms with Crippen molar-refractivity contribution in [3.8, 4) is 0 Å². The number of hydrogen-bond acceptors (Lipinski definition) is 3. The van der Waals surface area contributed by atoms with E-state index >= 15 is 0 Å². The largest absolute Gasteiger partial charge is 0.467 e. The second kappa shape index (κ2) is 9.19. The van der Waals surface area contributed by atoms with Crippen molar-refractivity contribution in [2.45, 2.75) is 32.7 Å². The van der Waals surface area contributed by atoms with Crippen molar-refractivity contribution >= 4 is 41.3 Å². The van der Waals surface area contributed by atoms with Crippen molar-refractivity contribution in [1.82, 2.24) is 10.6 Å². The molecule has 0 bridgehead atoms. The highest BCUT2D eigenvalue weighted by molar-refractivity contribution is 14.0. The van der Waals surface area contributed by atoms with E-state index in [1.807, 2.05) is 12.1 Å². The molecule has 2 heterocycles. The lowest BCUT2D eigenvalue weighted by atomic mass is 9.91. The van der Waals surface area contributed by atoms with Gasteiger partial charge in [-0.1, -0.05) is 19.9 Å². The second-order valence-corrected chi connectivity index (χ2v) is 6.44. The van der Waals surface area contributed by atoms with Gasteiger partial charge < -0.3 is 15.1 Å². The fraction of sp³-hybridized carbons (Fsp3) is 0.438. The maximum absolute atomic E-state index is 5.31. The molecule has 0 aromatic carbocycles. The summed E-state index contributed by atoms with van der Waals surface area (Å²) in [6.45, 7) is 8.75. The summed E-state index contributed by atoms with van der Waals surface area (Å²) in [6, 6.07) is 8.09. The number of furan rings is 1. The molecule has 0 aliphatic carbocycles. The van der Waals surface area contributed by atoms with Gasteiger partial charge in [0.05, 0.1) is 6.26 Å². The molecule has 4 nitrogen and oxygen atoms in total. The Kier molecular flexibility index (Phi) is 7.95. The molecule has 22 heavy (non-hydrogen) atoms. The van der Waals surface area contributed by atoms with E-state index in [1.54, 1.807) is 17.6 Å². The molecule has 0 radical (unpaired) electrons. The molecule has 2 N–H and O–H groups in total. The van der Waals surface area contributed by atoms with Gasteiger partial charge in [-0.05, 0) is 30.5 Å². The summed E-state index contributed by atoms with van der Waals surface area (Å²) in [5, 5.41) is 8.80. The van der Waals surface area contributed by atoms with Crippen LogP contribution in [-0.2, 0) is 12.0 Å². The maximum Gasteiger partial charge on any atom is 0.191 e. The highest BCUT2D eigenvalue weighted by Crippen LogP contribution is 2.26. The summed E-state index contributed by atoms with van der Waals surface area (Å²) in [4.78, 5) is 5.92. The van der Waals surface area contributed by atoms with Gasteiger partial charge in [-0.3, -0.25) is 0 Å². The average molecular weight is 433 g/mol. The molecule has 0 atom stereocenters. The van der Waals surface area contributed by atoms with Crippen LogP contribution in [0.1, 0.15) is 31.4 Å². The molecule has 0 aliphatic rings. The van der Waals surface area contributed by atoms with E-state index in [1.165, 1.54) is 4.88 Å². The first-order valence-electron chi connectivity index (χ1n) is 7.20. The zero-order chi connectivity index (χ0) is 15.1. The van der Waals surface area contributed by atoms with E-state index in [4.69, 9.17) is 4.42 Å².